The van der Waals surface area contributed by atoms with Crippen LogP contribution in [0.3, 0.4) is 0 Å². The predicted octanol–water partition coefficient (Wildman–Crippen LogP) is 5.69. The molecule has 0 radical (unpaired) electrons. The number of rotatable bonds is 5. The zero-order valence-electron chi connectivity index (χ0n) is 15.6. The summed E-state index contributed by atoms with van der Waals surface area (Å²) in [6.45, 7) is 2.85. The number of nitrogens with zero attached hydrogens (tertiary/aromatic N) is 1. The molecule has 27 heavy (non-hydrogen) atoms. The average Bonchev–Trinajstić information content (AvgIpc) is 3.10. The first-order valence-electron chi connectivity index (χ1n) is 9.23. The van der Waals surface area contributed by atoms with E-state index in [4.69, 9.17) is 14.2 Å². The second-order valence-corrected chi connectivity index (χ2v) is 7.74. The minimum absolute atomic E-state index is 0.180. The van der Waals surface area contributed by atoms with E-state index in [1.165, 1.54) is 10.3 Å². The minimum Gasteiger partial charge on any atom is -0.493 e. The van der Waals surface area contributed by atoms with Crippen molar-refractivity contribution < 1.29 is 14.2 Å². The Morgan fingerprint density at radius 1 is 1.11 bits per heavy atom. The van der Waals surface area contributed by atoms with Gasteiger partial charge in [0.05, 0.1) is 23.9 Å². The topological polar surface area (TPSA) is 40.6 Å². The average molecular weight is 381 g/mol. The first kappa shape index (κ1) is 18.0. The molecule has 5 heteroatoms. The van der Waals surface area contributed by atoms with Gasteiger partial charge in [-0.3, -0.25) is 0 Å². The van der Waals surface area contributed by atoms with Crippen molar-refractivity contribution in [1.29, 1.82) is 0 Å². The number of ether oxygens (including phenoxy) is 3. The second kappa shape index (κ2) is 8.11. The predicted molar refractivity (Wildman–Crippen MR) is 110 cm³/mol. The van der Waals surface area contributed by atoms with Crippen LogP contribution in [0.5, 0.6) is 11.5 Å². The molecule has 1 aliphatic rings. The summed E-state index contributed by atoms with van der Waals surface area (Å²) in [5.74, 6) is 1.43. The Hall–Kier alpha value is -2.37. The SMILES string of the molecule is COc1cc(C=Cc2nc3cc(C)ccc3s2)ccc1OC1CCCCO1. The molecule has 3 aromatic rings. The lowest BCUT2D eigenvalue weighted by atomic mass is 10.2. The molecule has 2 heterocycles. The maximum absolute atomic E-state index is 5.96. The summed E-state index contributed by atoms with van der Waals surface area (Å²) < 4.78 is 18.3. The summed E-state index contributed by atoms with van der Waals surface area (Å²) in [4.78, 5) is 4.69. The lowest BCUT2D eigenvalue weighted by Gasteiger charge is -2.24. The quantitative estimate of drug-likeness (QED) is 0.569. The third-order valence-electron chi connectivity index (χ3n) is 4.56. The lowest BCUT2D eigenvalue weighted by Crippen LogP contribution is -2.25. The van der Waals surface area contributed by atoms with Gasteiger partial charge in [-0.15, -0.1) is 11.3 Å². The van der Waals surface area contributed by atoms with Crippen LogP contribution in [0.1, 0.15) is 35.4 Å². The van der Waals surface area contributed by atoms with Gasteiger partial charge in [0, 0.05) is 6.42 Å². The van der Waals surface area contributed by atoms with Gasteiger partial charge in [-0.25, -0.2) is 4.98 Å². The molecule has 0 amide bonds. The van der Waals surface area contributed by atoms with Crippen LogP contribution in [0.25, 0.3) is 22.4 Å². The largest absolute Gasteiger partial charge is 0.493 e. The highest BCUT2D eigenvalue weighted by Gasteiger charge is 2.17. The smallest absolute Gasteiger partial charge is 0.200 e. The fourth-order valence-electron chi connectivity index (χ4n) is 3.13. The van der Waals surface area contributed by atoms with Crippen molar-refractivity contribution in [3.63, 3.8) is 0 Å². The minimum atomic E-state index is -0.180. The maximum atomic E-state index is 5.96. The van der Waals surface area contributed by atoms with Gasteiger partial charge in [-0.1, -0.05) is 18.2 Å². The molecule has 2 aromatic carbocycles. The number of methoxy groups -OCH3 is 1. The van der Waals surface area contributed by atoms with Crippen LogP contribution in [0.2, 0.25) is 0 Å². The highest BCUT2D eigenvalue weighted by atomic mass is 32.1. The van der Waals surface area contributed by atoms with Crippen molar-refractivity contribution >= 4 is 33.7 Å². The third-order valence-corrected chi connectivity index (χ3v) is 5.56. The molecular formula is C22H23NO3S. The van der Waals surface area contributed by atoms with Crippen molar-refractivity contribution in [2.45, 2.75) is 32.5 Å². The molecule has 0 bridgehead atoms. The molecule has 4 rings (SSSR count). The zero-order chi connectivity index (χ0) is 18.6. The maximum Gasteiger partial charge on any atom is 0.200 e. The molecule has 0 aliphatic carbocycles. The van der Waals surface area contributed by atoms with Gasteiger partial charge in [-0.05, 0) is 61.2 Å². The van der Waals surface area contributed by atoms with E-state index >= 15 is 0 Å². The van der Waals surface area contributed by atoms with E-state index in [1.807, 2.05) is 30.4 Å². The monoisotopic (exact) mass is 381 g/mol. The normalized spacial score (nSPS) is 17.5. The van der Waals surface area contributed by atoms with Crippen LogP contribution in [0.15, 0.2) is 36.4 Å². The summed E-state index contributed by atoms with van der Waals surface area (Å²) in [5.41, 5.74) is 3.32. The fourth-order valence-corrected chi connectivity index (χ4v) is 3.98. The Morgan fingerprint density at radius 3 is 2.85 bits per heavy atom. The van der Waals surface area contributed by atoms with Gasteiger partial charge >= 0.3 is 0 Å². The molecule has 140 valence electrons. The van der Waals surface area contributed by atoms with E-state index in [0.717, 1.165) is 47.7 Å². The molecule has 0 N–H and O–H groups in total. The first-order valence-corrected chi connectivity index (χ1v) is 10.0. The van der Waals surface area contributed by atoms with E-state index in [1.54, 1.807) is 18.4 Å². The van der Waals surface area contributed by atoms with E-state index in [-0.39, 0.29) is 6.29 Å². The number of aryl methyl sites for hydroxylation is 1. The molecule has 4 nitrogen and oxygen atoms in total. The summed E-state index contributed by atoms with van der Waals surface area (Å²) in [6.07, 6.45) is 7.07. The molecule has 1 fully saturated rings. The molecule has 0 saturated carbocycles. The molecule has 0 spiro atoms. The standard InChI is InChI=1S/C22H23NO3S/c1-15-6-10-20-17(13-15)23-21(27-20)11-8-16-7-9-18(19(14-16)24-2)26-22-5-3-4-12-25-22/h6-11,13-14,22H,3-5,12H2,1-2H3. The fraction of sp³-hybridized carbons (Fsp3) is 0.318. The molecule has 1 saturated heterocycles. The number of fused-ring (bicyclic) bond motifs is 1. The van der Waals surface area contributed by atoms with Crippen molar-refractivity contribution in [2.75, 3.05) is 13.7 Å². The van der Waals surface area contributed by atoms with Crippen LogP contribution in [-0.2, 0) is 4.74 Å². The number of thiazole rings is 1. The Labute approximate surface area is 163 Å². The number of hydrogen-bond acceptors (Lipinski definition) is 5. The Bertz CT molecular complexity index is 957. The van der Waals surface area contributed by atoms with E-state index < -0.39 is 0 Å². The van der Waals surface area contributed by atoms with Gasteiger partial charge in [0.2, 0.25) is 0 Å². The van der Waals surface area contributed by atoms with Crippen molar-refractivity contribution in [3.8, 4) is 11.5 Å². The molecule has 1 unspecified atom stereocenters. The zero-order valence-corrected chi connectivity index (χ0v) is 16.4. The molecule has 1 aromatic heterocycles. The summed E-state index contributed by atoms with van der Waals surface area (Å²) >= 11 is 1.69. The molecule has 1 atom stereocenters. The Kier molecular flexibility index (Phi) is 5.41. The highest BCUT2D eigenvalue weighted by molar-refractivity contribution is 7.19. The first-order chi connectivity index (χ1) is 13.2. The number of aromatic nitrogens is 1. The van der Waals surface area contributed by atoms with Crippen molar-refractivity contribution in [3.05, 3.63) is 52.5 Å². The van der Waals surface area contributed by atoms with Gasteiger partial charge in [0.1, 0.15) is 5.01 Å². The van der Waals surface area contributed by atoms with Gasteiger partial charge in [0.15, 0.2) is 17.8 Å². The van der Waals surface area contributed by atoms with Crippen LogP contribution in [0.4, 0.5) is 0 Å². The third kappa shape index (κ3) is 4.31. The lowest BCUT2D eigenvalue weighted by molar-refractivity contribution is -0.106. The second-order valence-electron chi connectivity index (χ2n) is 6.68. The Morgan fingerprint density at radius 2 is 2.04 bits per heavy atom. The number of benzene rings is 2. The molecular weight excluding hydrogens is 358 g/mol. The molecule has 1 aliphatic heterocycles. The highest BCUT2D eigenvalue weighted by Crippen LogP contribution is 2.31. The van der Waals surface area contributed by atoms with Gasteiger partial charge < -0.3 is 14.2 Å². The van der Waals surface area contributed by atoms with Gasteiger partial charge in [0.25, 0.3) is 0 Å². The van der Waals surface area contributed by atoms with Crippen LogP contribution < -0.4 is 9.47 Å². The van der Waals surface area contributed by atoms with E-state index in [0.29, 0.717) is 5.75 Å². The van der Waals surface area contributed by atoms with Crippen molar-refractivity contribution in [1.82, 2.24) is 4.98 Å². The summed E-state index contributed by atoms with van der Waals surface area (Å²) in [7, 11) is 1.66. The van der Waals surface area contributed by atoms with Crippen molar-refractivity contribution in [2.24, 2.45) is 0 Å². The van der Waals surface area contributed by atoms with Crippen LogP contribution in [0, 0.1) is 6.92 Å². The van der Waals surface area contributed by atoms with Crippen LogP contribution >= 0.6 is 11.3 Å². The Balaban J connectivity index is 1.51. The van der Waals surface area contributed by atoms with Crippen LogP contribution in [-0.4, -0.2) is 25.0 Å². The van der Waals surface area contributed by atoms with Gasteiger partial charge in [-0.2, -0.15) is 0 Å². The summed E-state index contributed by atoms with van der Waals surface area (Å²) in [6, 6.07) is 12.3. The number of hydrogen-bond donors (Lipinski definition) is 0. The van der Waals surface area contributed by atoms with E-state index in [2.05, 4.69) is 30.1 Å². The van der Waals surface area contributed by atoms with E-state index in [9.17, 15) is 0 Å². The summed E-state index contributed by atoms with van der Waals surface area (Å²) in [5, 5.41) is 0.991.